The lowest BCUT2D eigenvalue weighted by molar-refractivity contribution is 0.480. The van der Waals surface area contributed by atoms with Gasteiger partial charge in [0.25, 0.3) is 0 Å². The summed E-state index contributed by atoms with van der Waals surface area (Å²) in [4.78, 5) is 4.12. The first-order valence-corrected chi connectivity index (χ1v) is 10.5. The van der Waals surface area contributed by atoms with Crippen molar-refractivity contribution in [2.45, 2.75) is 6.42 Å². The fourth-order valence-electron chi connectivity index (χ4n) is 3.13. The van der Waals surface area contributed by atoms with Gasteiger partial charge in [0.1, 0.15) is 11.3 Å². The van der Waals surface area contributed by atoms with E-state index in [1.54, 1.807) is 6.07 Å². The monoisotopic (exact) mass is 414 g/mol. The molecule has 150 valence electrons. The maximum atomic E-state index is 10.1. The van der Waals surface area contributed by atoms with Crippen molar-refractivity contribution in [1.82, 2.24) is 4.98 Å². The highest BCUT2D eigenvalue weighted by Crippen LogP contribution is 2.31. The number of benzene rings is 3. The molecule has 0 amide bonds. The Bertz CT molecular complexity index is 1210. The summed E-state index contributed by atoms with van der Waals surface area (Å²) in [6, 6.07) is 22.1. The molecule has 0 bridgehead atoms. The third kappa shape index (κ3) is 5.02. The molecule has 0 unspecified atom stereocenters. The number of aromatic hydroxyl groups is 1. The molecule has 0 atom stereocenters. The van der Waals surface area contributed by atoms with Gasteiger partial charge in [0.05, 0.1) is 11.2 Å². The molecule has 5 N–H and O–H groups in total. The van der Waals surface area contributed by atoms with Crippen molar-refractivity contribution in [2.75, 3.05) is 29.5 Å². The Hall–Kier alpha value is -3.69. The molecule has 0 aliphatic heterocycles. The van der Waals surface area contributed by atoms with Crippen molar-refractivity contribution in [3.8, 4) is 17.6 Å². The van der Waals surface area contributed by atoms with Gasteiger partial charge in [-0.2, -0.15) is 0 Å². The fraction of sp³-hybridized carbons (Fsp3) is 0.125. The molecule has 5 nitrogen and oxygen atoms in total. The third-order valence-electron chi connectivity index (χ3n) is 4.55. The van der Waals surface area contributed by atoms with Gasteiger partial charge in [-0.3, -0.25) is 0 Å². The first-order valence-electron chi connectivity index (χ1n) is 9.67. The van der Waals surface area contributed by atoms with E-state index in [2.05, 4.69) is 63.9 Å². The van der Waals surface area contributed by atoms with Crippen LogP contribution in [0.25, 0.3) is 10.2 Å². The Morgan fingerprint density at radius 3 is 2.60 bits per heavy atom. The van der Waals surface area contributed by atoms with Crippen LogP contribution in [0.1, 0.15) is 11.1 Å². The predicted molar refractivity (Wildman–Crippen MR) is 126 cm³/mol. The first-order chi connectivity index (χ1) is 14.7. The lowest BCUT2D eigenvalue weighted by atomic mass is 10.1. The van der Waals surface area contributed by atoms with Crippen molar-refractivity contribution in [3.05, 3.63) is 77.9 Å². The molecule has 3 aromatic carbocycles. The summed E-state index contributed by atoms with van der Waals surface area (Å²) >= 11 is 1.34. The molecule has 4 rings (SSSR count). The highest BCUT2D eigenvalue weighted by molar-refractivity contribution is 7.22. The molecule has 0 aliphatic carbocycles. The maximum absolute atomic E-state index is 10.1. The lowest BCUT2D eigenvalue weighted by Gasteiger charge is -2.09. The van der Waals surface area contributed by atoms with Gasteiger partial charge < -0.3 is 21.5 Å². The summed E-state index contributed by atoms with van der Waals surface area (Å²) < 4.78 is 0.832. The molecule has 0 spiro atoms. The van der Waals surface area contributed by atoms with Gasteiger partial charge in [0.2, 0.25) is 0 Å². The van der Waals surface area contributed by atoms with E-state index in [-0.39, 0.29) is 5.75 Å². The van der Waals surface area contributed by atoms with Crippen LogP contribution in [0.3, 0.4) is 0 Å². The van der Waals surface area contributed by atoms with Crippen LogP contribution in [0.4, 0.5) is 16.5 Å². The Labute approximate surface area is 179 Å². The normalized spacial score (nSPS) is 10.4. The molecule has 0 saturated heterocycles. The Morgan fingerprint density at radius 2 is 1.77 bits per heavy atom. The second-order valence-corrected chi connectivity index (χ2v) is 7.85. The van der Waals surface area contributed by atoms with Crippen molar-refractivity contribution >= 4 is 38.1 Å². The molecular formula is C24H22N4OS. The number of phenolic OH excluding ortho intramolecular Hbond substituents is 1. The van der Waals surface area contributed by atoms with E-state index < -0.39 is 0 Å². The van der Waals surface area contributed by atoms with Gasteiger partial charge in [-0.1, -0.05) is 59.6 Å². The van der Waals surface area contributed by atoms with E-state index in [1.165, 1.54) is 16.9 Å². The quantitative estimate of drug-likeness (QED) is 0.344. The fourth-order valence-corrected chi connectivity index (χ4v) is 3.92. The molecular weight excluding hydrogens is 392 g/mol. The van der Waals surface area contributed by atoms with Gasteiger partial charge in [-0.15, -0.1) is 0 Å². The summed E-state index contributed by atoms with van der Waals surface area (Å²) in [7, 11) is 0. The number of phenols is 1. The molecule has 0 radical (unpaired) electrons. The van der Waals surface area contributed by atoms with Gasteiger partial charge in [0, 0.05) is 23.5 Å². The number of fused-ring (bicyclic) bond motifs is 1. The zero-order chi connectivity index (χ0) is 20.8. The minimum absolute atomic E-state index is 0.104. The molecule has 4 aromatic rings. The van der Waals surface area contributed by atoms with Crippen LogP contribution >= 0.6 is 11.3 Å². The summed E-state index contributed by atoms with van der Waals surface area (Å²) in [5, 5.41) is 17.3. The second-order valence-electron chi connectivity index (χ2n) is 6.79. The van der Waals surface area contributed by atoms with Crippen molar-refractivity contribution < 1.29 is 5.11 Å². The van der Waals surface area contributed by atoms with Crippen LogP contribution in [-0.4, -0.2) is 23.2 Å². The Morgan fingerprint density at radius 1 is 0.967 bits per heavy atom. The summed E-state index contributed by atoms with van der Waals surface area (Å²) in [6.07, 6.45) is 0.979. The van der Waals surface area contributed by atoms with E-state index in [9.17, 15) is 5.11 Å². The van der Waals surface area contributed by atoms with Crippen molar-refractivity contribution in [1.29, 1.82) is 0 Å². The minimum Gasteiger partial charge on any atom is -0.506 e. The third-order valence-corrected chi connectivity index (χ3v) is 5.38. The van der Waals surface area contributed by atoms with Crippen LogP contribution in [0, 0.1) is 11.8 Å². The smallest absolute Gasteiger partial charge is 0.181 e. The lowest BCUT2D eigenvalue weighted by Crippen LogP contribution is -2.05. The number of nitrogens with two attached hydrogens (primary N) is 1. The summed E-state index contributed by atoms with van der Waals surface area (Å²) in [6.45, 7) is 1.37. The number of thiazole rings is 1. The molecule has 0 fully saturated rings. The molecule has 1 heterocycles. The molecule has 0 saturated carbocycles. The number of hydrogen-bond donors (Lipinski definition) is 4. The van der Waals surface area contributed by atoms with Gasteiger partial charge in [0.15, 0.2) is 5.13 Å². The number of rotatable bonds is 6. The van der Waals surface area contributed by atoms with E-state index in [0.29, 0.717) is 17.2 Å². The summed E-state index contributed by atoms with van der Waals surface area (Å²) in [5.74, 6) is 6.27. The van der Waals surface area contributed by atoms with Crippen molar-refractivity contribution in [2.24, 2.45) is 0 Å². The van der Waals surface area contributed by atoms with Crippen LogP contribution in [0.2, 0.25) is 0 Å². The number of aromatic nitrogens is 1. The number of nitrogens with one attached hydrogen (secondary N) is 2. The standard InChI is InChI=1S/C24H22N4OS/c25-24-28-23-21(29)14-18(15-22(23)30-24)8-5-12-26-19-9-4-10-20(16-19)27-13-11-17-6-2-1-3-7-17/h1-4,6-7,9-10,14-16,26-27,29H,11-13H2,(H2,25,28). The van der Waals surface area contributed by atoms with E-state index in [1.807, 2.05) is 24.3 Å². The van der Waals surface area contributed by atoms with Gasteiger partial charge in [-0.25, -0.2) is 4.98 Å². The Balaban J connectivity index is 1.32. The van der Waals surface area contributed by atoms with Crippen LogP contribution in [-0.2, 0) is 6.42 Å². The Kier molecular flexibility index (Phi) is 6.02. The van der Waals surface area contributed by atoms with Crippen LogP contribution < -0.4 is 16.4 Å². The average Bonchev–Trinajstić information content (AvgIpc) is 3.13. The maximum Gasteiger partial charge on any atom is 0.181 e. The molecule has 6 heteroatoms. The predicted octanol–water partition coefficient (Wildman–Crippen LogP) is 4.70. The first kappa shape index (κ1) is 19.6. The van der Waals surface area contributed by atoms with Crippen molar-refractivity contribution in [3.63, 3.8) is 0 Å². The second kappa shape index (κ2) is 9.21. The van der Waals surface area contributed by atoms with Gasteiger partial charge >= 0.3 is 0 Å². The highest BCUT2D eigenvalue weighted by Gasteiger charge is 2.07. The molecule has 1 aromatic heterocycles. The van der Waals surface area contributed by atoms with E-state index in [4.69, 9.17) is 5.73 Å². The zero-order valence-corrected chi connectivity index (χ0v) is 17.2. The number of nitrogen functional groups attached to an aromatic ring is 1. The van der Waals surface area contributed by atoms with Crippen LogP contribution in [0.5, 0.6) is 5.75 Å². The van der Waals surface area contributed by atoms with Crippen LogP contribution in [0.15, 0.2) is 66.7 Å². The molecule has 0 aliphatic rings. The topological polar surface area (TPSA) is 83.2 Å². The SMILES string of the molecule is Nc1nc2c(O)cc(C#CCNc3cccc(NCCc4ccccc4)c3)cc2s1. The summed E-state index contributed by atoms with van der Waals surface area (Å²) in [5.41, 5.74) is 10.4. The van der Waals surface area contributed by atoms with E-state index >= 15 is 0 Å². The average molecular weight is 415 g/mol. The van der Waals surface area contributed by atoms with E-state index in [0.717, 1.165) is 34.6 Å². The number of hydrogen-bond acceptors (Lipinski definition) is 6. The number of anilines is 3. The highest BCUT2D eigenvalue weighted by atomic mass is 32.1. The molecule has 30 heavy (non-hydrogen) atoms. The zero-order valence-electron chi connectivity index (χ0n) is 16.4. The largest absolute Gasteiger partial charge is 0.506 e. The minimum atomic E-state index is 0.104. The number of nitrogens with zero attached hydrogens (tertiary/aromatic N) is 1. The van der Waals surface area contributed by atoms with Gasteiger partial charge in [-0.05, 0) is 42.3 Å².